The summed E-state index contributed by atoms with van der Waals surface area (Å²) in [4.78, 5) is 17.2. The third-order valence-electron chi connectivity index (χ3n) is 6.20. The summed E-state index contributed by atoms with van der Waals surface area (Å²) in [5, 5.41) is 11.7. The number of hydrogen-bond acceptors (Lipinski definition) is 5. The number of amides is 1. The highest BCUT2D eigenvalue weighted by Crippen LogP contribution is 2.38. The van der Waals surface area contributed by atoms with E-state index in [-0.39, 0.29) is 18.0 Å². The van der Waals surface area contributed by atoms with E-state index < -0.39 is 0 Å². The molecule has 1 aromatic heterocycles. The highest BCUT2D eigenvalue weighted by atomic mass is 35.5. The topological polar surface area (TPSA) is 81.1 Å². The van der Waals surface area contributed by atoms with Gasteiger partial charge < -0.3 is 10.1 Å². The molecule has 0 radical (unpaired) electrons. The van der Waals surface area contributed by atoms with Crippen LogP contribution in [-0.4, -0.2) is 27.8 Å². The molecule has 7 nitrogen and oxygen atoms in total. The van der Waals surface area contributed by atoms with Crippen LogP contribution < -0.4 is 15.4 Å². The Morgan fingerprint density at radius 3 is 2.49 bits per heavy atom. The van der Waals surface area contributed by atoms with Gasteiger partial charge in [0.15, 0.2) is 0 Å². The van der Waals surface area contributed by atoms with E-state index in [0.717, 1.165) is 28.9 Å². The van der Waals surface area contributed by atoms with Gasteiger partial charge in [0.05, 0.1) is 19.2 Å². The van der Waals surface area contributed by atoms with E-state index in [0.29, 0.717) is 29.8 Å². The number of rotatable bonds is 7. The van der Waals surface area contributed by atoms with Crippen molar-refractivity contribution in [3.63, 3.8) is 0 Å². The van der Waals surface area contributed by atoms with Crippen molar-refractivity contribution in [3.05, 3.63) is 101 Å². The zero-order valence-electron chi connectivity index (χ0n) is 19.3. The number of carbonyl (C=O) groups is 1. The fraction of sp³-hybridized carbons (Fsp3) is 0.222. The van der Waals surface area contributed by atoms with Crippen LogP contribution in [0.4, 0.5) is 11.9 Å². The van der Waals surface area contributed by atoms with Crippen LogP contribution in [0.2, 0.25) is 5.02 Å². The summed E-state index contributed by atoms with van der Waals surface area (Å²) >= 11 is 6.13. The number of anilines is 2. The van der Waals surface area contributed by atoms with Gasteiger partial charge in [0.25, 0.3) is 5.95 Å². The van der Waals surface area contributed by atoms with Crippen LogP contribution in [0.25, 0.3) is 0 Å². The normalized spacial score (nSPS) is 16.7. The second-order valence-electron chi connectivity index (χ2n) is 8.51. The predicted molar refractivity (Wildman–Crippen MR) is 137 cm³/mol. The number of aryl methyl sites for hydroxylation is 1. The van der Waals surface area contributed by atoms with E-state index in [1.54, 1.807) is 7.11 Å². The van der Waals surface area contributed by atoms with Gasteiger partial charge in [0.2, 0.25) is 11.9 Å². The van der Waals surface area contributed by atoms with Crippen LogP contribution in [0.3, 0.4) is 0 Å². The number of aromatic nitrogens is 3. The molecule has 0 fully saturated rings. The summed E-state index contributed by atoms with van der Waals surface area (Å²) in [5.74, 6) is 1.59. The van der Waals surface area contributed by atoms with Crippen molar-refractivity contribution in [2.75, 3.05) is 17.7 Å². The van der Waals surface area contributed by atoms with Crippen molar-refractivity contribution in [3.8, 4) is 5.75 Å². The van der Waals surface area contributed by atoms with Crippen LogP contribution in [0, 0.1) is 0 Å². The molecule has 0 aliphatic carbocycles. The molecule has 1 aliphatic rings. The largest absolute Gasteiger partial charge is 0.497 e. The number of ether oxygens (including phenoxy) is 1. The second-order valence-corrected chi connectivity index (χ2v) is 8.95. The van der Waals surface area contributed by atoms with E-state index in [9.17, 15) is 4.79 Å². The maximum absolute atomic E-state index is 12.6. The number of carbonyl (C=O) groups excluding carboxylic acids is 1. The van der Waals surface area contributed by atoms with Crippen LogP contribution in [0.15, 0.2) is 78.9 Å². The van der Waals surface area contributed by atoms with Gasteiger partial charge in [-0.25, -0.2) is 4.68 Å². The first kappa shape index (κ1) is 22.9. The van der Waals surface area contributed by atoms with Crippen molar-refractivity contribution < 1.29 is 9.53 Å². The third kappa shape index (κ3) is 5.30. The van der Waals surface area contributed by atoms with E-state index in [1.807, 2.05) is 83.5 Å². The Kier molecular flexibility index (Phi) is 6.68. The minimum Gasteiger partial charge on any atom is -0.497 e. The number of halogens is 1. The summed E-state index contributed by atoms with van der Waals surface area (Å²) < 4.78 is 7.15. The molecule has 178 valence electrons. The summed E-state index contributed by atoms with van der Waals surface area (Å²) in [6.07, 6.45) is 1.77. The number of nitrogens with one attached hydrogen (secondary N) is 2. The molecule has 2 N–H and O–H groups in total. The van der Waals surface area contributed by atoms with Crippen LogP contribution in [-0.2, 0) is 11.2 Å². The van der Waals surface area contributed by atoms with Gasteiger partial charge >= 0.3 is 0 Å². The number of benzene rings is 3. The summed E-state index contributed by atoms with van der Waals surface area (Å²) in [6.45, 7) is 0. The molecule has 4 aromatic rings. The Bertz CT molecular complexity index is 1290. The molecule has 0 saturated carbocycles. The average Bonchev–Trinajstić information content (AvgIpc) is 3.30. The fourth-order valence-electron chi connectivity index (χ4n) is 4.34. The second kappa shape index (κ2) is 10.2. The van der Waals surface area contributed by atoms with E-state index in [2.05, 4.69) is 20.7 Å². The molecule has 35 heavy (non-hydrogen) atoms. The van der Waals surface area contributed by atoms with Crippen LogP contribution in [0.5, 0.6) is 5.75 Å². The van der Waals surface area contributed by atoms with Crippen molar-refractivity contribution >= 4 is 29.4 Å². The first-order valence-electron chi connectivity index (χ1n) is 11.6. The van der Waals surface area contributed by atoms with Gasteiger partial charge in [0, 0.05) is 11.4 Å². The molecular formula is C27H26ClN5O2. The lowest BCUT2D eigenvalue weighted by Gasteiger charge is -2.31. The maximum Gasteiger partial charge on any atom is 0.250 e. The van der Waals surface area contributed by atoms with Crippen molar-refractivity contribution in [2.45, 2.75) is 31.3 Å². The number of hydrogen-bond donors (Lipinski definition) is 2. The lowest BCUT2D eigenvalue weighted by atomic mass is 9.93. The van der Waals surface area contributed by atoms with Gasteiger partial charge in [0.1, 0.15) is 5.75 Å². The lowest BCUT2D eigenvalue weighted by molar-refractivity contribution is -0.116. The van der Waals surface area contributed by atoms with Crippen LogP contribution in [0.1, 0.15) is 41.6 Å². The van der Waals surface area contributed by atoms with Gasteiger partial charge in [-0.1, -0.05) is 66.2 Å². The SMILES string of the molecule is COc1ccc([C@@H]2C[C@H](c3ccc(Cl)cc3)n3nc(NC(=O)CCc4ccccc4)nc3N2)cc1. The minimum atomic E-state index is -0.119. The van der Waals surface area contributed by atoms with Crippen molar-refractivity contribution in [2.24, 2.45) is 0 Å². The molecule has 0 bridgehead atoms. The quantitative estimate of drug-likeness (QED) is 0.351. The first-order chi connectivity index (χ1) is 17.1. The molecule has 2 heterocycles. The Morgan fingerprint density at radius 2 is 1.77 bits per heavy atom. The molecule has 0 unspecified atom stereocenters. The van der Waals surface area contributed by atoms with Gasteiger partial charge in [-0.05, 0) is 53.8 Å². The zero-order chi connectivity index (χ0) is 24.2. The molecule has 1 aliphatic heterocycles. The third-order valence-corrected chi connectivity index (χ3v) is 6.45. The molecule has 0 spiro atoms. The summed E-state index contributed by atoms with van der Waals surface area (Å²) in [7, 11) is 1.66. The Balaban J connectivity index is 1.38. The fourth-order valence-corrected chi connectivity index (χ4v) is 4.46. The van der Waals surface area contributed by atoms with E-state index >= 15 is 0 Å². The molecule has 2 atom stereocenters. The standard InChI is InChI=1S/C27H26ClN5O2/c1-35-22-14-10-19(11-15-22)23-17-24(20-8-12-21(28)13-9-20)33-27(29-23)31-26(32-33)30-25(34)16-7-18-5-3-2-4-6-18/h2-6,8-15,23-24H,7,16-17H2,1H3,(H2,29,30,31,32,34)/t23-,24+/m0/s1. The minimum absolute atomic E-state index is 0.0138. The predicted octanol–water partition coefficient (Wildman–Crippen LogP) is 5.66. The van der Waals surface area contributed by atoms with E-state index in [1.165, 1.54) is 0 Å². The molecular weight excluding hydrogens is 462 g/mol. The molecule has 8 heteroatoms. The van der Waals surface area contributed by atoms with Crippen molar-refractivity contribution in [1.82, 2.24) is 14.8 Å². The number of nitrogens with zero attached hydrogens (tertiary/aromatic N) is 3. The lowest BCUT2D eigenvalue weighted by Crippen LogP contribution is -2.28. The zero-order valence-corrected chi connectivity index (χ0v) is 20.1. The van der Waals surface area contributed by atoms with Gasteiger partial charge in [-0.2, -0.15) is 4.98 Å². The molecule has 0 saturated heterocycles. The summed E-state index contributed by atoms with van der Waals surface area (Å²) in [5.41, 5.74) is 3.31. The Morgan fingerprint density at radius 1 is 1.06 bits per heavy atom. The monoisotopic (exact) mass is 487 g/mol. The van der Waals surface area contributed by atoms with Crippen molar-refractivity contribution in [1.29, 1.82) is 0 Å². The maximum atomic E-state index is 12.6. The number of methoxy groups -OCH3 is 1. The molecule has 5 rings (SSSR count). The van der Waals surface area contributed by atoms with Gasteiger partial charge in [-0.3, -0.25) is 10.1 Å². The van der Waals surface area contributed by atoms with Gasteiger partial charge in [-0.15, -0.1) is 5.10 Å². The molecule has 1 amide bonds. The summed E-state index contributed by atoms with van der Waals surface area (Å²) in [6, 6.07) is 25.7. The van der Waals surface area contributed by atoms with Crippen LogP contribution >= 0.6 is 11.6 Å². The Labute approximate surface area is 209 Å². The average molecular weight is 488 g/mol. The Hall–Kier alpha value is -3.84. The highest BCUT2D eigenvalue weighted by Gasteiger charge is 2.31. The first-order valence-corrected chi connectivity index (χ1v) is 11.9. The van der Waals surface area contributed by atoms with E-state index in [4.69, 9.17) is 16.3 Å². The number of fused-ring (bicyclic) bond motifs is 1. The highest BCUT2D eigenvalue weighted by molar-refractivity contribution is 6.30. The smallest absolute Gasteiger partial charge is 0.250 e. The molecule has 3 aromatic carbocycles.